The molecule has 13 heteroatoms. The second-order valence-electron chi connectivity index (χ2n) is 10.8. The van der Waals surface area contributed by atoms with Crippen LogP contribution in [0.15, 0.2) is 48.5 Å². The van der Waals surface area contributed by atoms with Crippen molar-refractivity contribution in [2.24, 2.45) is 5.41 Å². The van der Waals surface area contributed by atoms with Crippen molar-refractivity contribution in [1.29, 1.82) is 0 Å². The number of benzene rings is 3. The highest BCUT2D eigenvalue weighted by atomic mass is 35.5. The van der Waals surface area contributed by atoms with Crippen LogP contribution in [0.1, 0.15) is 56.3 Å². The van der Waals surface area contributed by atoms with Gasteiger partial charge in [0.05, 0.1) is 11.6 Å². The van der Waals surface area contributed by atoms with Gasteiger partial charge in [0.25, 0.3) is 11.8 Å². The van der Waals surface area contributed by atoms with Crippen molar-refractivity contribution in [1.82, 2.24) is 10.6 Å². The Bertz CT molecular complexity index is 1660. The fraction of sp³-hybridized carbons (Fsp3) is 0.276. The van der Waals surface area contributed by atoms with Crippen LogP contribution in [0.2, 0.25) is 5.02 Å². The number of hydrogen-bond acceptors (Lipinski definition) is 4. The monoisotopic (exact) mass is 604 g/mol. The minimum absolute atomic E-state index is 0.0515. The van der Waals surface area contributed by atoms with E-state index in [1.807, 2.05) is 4.90 Å². The van der Waals surface area contributed by atoms with E-state index in [0.29, 0.717) is 50.3 Å². The number of carbonyl (C=O) groups excluding carboxylic acids is 3. The van der Waals surface area contributed by atoms with Crippen LogP contribution >= 0.6 is 11.6 Å². The zero-order chi connectivity index (χ0) is 30.0. The summed E-state index contributed by atoms with van der Waals surface area (Å²) in [6.07, 6.45) is -3.85. The molecule has 2 atom stereocenters. The van der Waals surface area contributed by atoms with Gasteiger partial charge in [-0.2, -0.15) is 13.2 Å². The van der Waals surface area contributed by atoms with Gasteiger partial charge in [0.15, 0.2) is 0 Å². The van der Waals surface area contributed by atoms with Gasteiger partial charge in [-0.1, -0.05) is 11.6 Å². The van der Waals surface area contributed by atoms with E-state index >= 15 is 0 Å². The largest absolute Gasteiger partial charge is 0.416 e. The number of nitrogens with one attached hydrogen (secondary N) is 3. The van der Waals surface area contributed by atoms with Crippen LogP contribution in [-0.2, 0) is 11.0 Å². The molecular weight excluding hydrogens is 583 g/mol. The lowest BCUT2D eigenvalue weighted by Crippen LogP contribution is -2.29. The molecule has 0 radical (unpaired) electrons. The molecule has 0 aliphatic carbocycles. The van der Waals surface area contributed by atoms with Crippen molar-refractivity contribution in [3.05, 3.63) is 93.0 Å². The number of anilines is 2. The molecule has 3 aromatic carbocycles. The highest BCUT2D eigenvalue weighted by Crippen LogP contribution is 2.44. The summed E-state index contributed by atoms with van der Waals surface area (Å²) >= 11 is 6.34. The third kappa shape index (κ3) is 5.04. The highest BCUT2D eigenvalue weighted by Gasteiger charge is 2.45. The summed E-state index contributed by atoms with van der Waals surface area (Å²) in [6, 6.07) is 7.25. The smallest absolute Gasteiger partial charge is 0.371 e. The maximum atomic E-state index is 14.2. The number of carbonyl (C=O) groups is 3. The average Bonchev–Trinajstić information content (AvgIpc) is 3.61. The Morgan fingerprint density at radius 1 is 1.05 bits per heavy atom. The van der Waals surface area contributed by atoms with Crippen LogP contribution in [0.3, 0.4) is 0 Å². The fourth-order valence-corrected chi connectivity index (χ4v) is 6.17. The van der Waals surface area contributed by atoms with E-state index in [9.17, 15) is 36.3 Å². The van der Waals surface area contributed by atoms with Crippen LogP contribution in [-0.4, -0.2) is 37.4 Å². The molecule has 3 aromatic rings. The molecule has 0 aromatic heterocycles. The van der Waals surface area contributed by atoms with Crippen molar-refractivity contribution in [2.75, 3.05) is 29.9 Å². The molecule has 3 N–H and O–H groups in total. The molecule has 3 heterocycles. The number of rotatable bonds is 4. The van der Waals surface area contributed by atoms with Crippen LogP contribution < -0.4 is 20.9 Å². The van der Waals surface area contributed by atoms with Gasteiger partial charge in [-0.25, -0.2) is 8.78 Å². The van der Waals surface area contributed by atoms with Gasteiger partial charge in [0.1, 0.15) is 11.6 Å². The number of halogens is 6. The lowest BCUT2D eigenvalue weighted by Gasteiger charge is -2.25. The number of hydrogen-bond donors (Lipinski definition) is 3. The molecule has 0 bridgehead atoms. The van der Waals surface area contributed by atoms with E-state index in [1.165, 1.54) is 6.07 Å². The minimum atomic E-state index is -4.89. The first-order valence-corrected chi connectivity index (χ1v) is 13.3. The van der Waals surface area contributed by atoms with Gasteiger partial charge in [0, 0.05) is 70.1 Å². The maximum absolute atomic E-state index is 14.2. The Hall–Kier alpha value is -4.19. The first kappa shape index (κ1) is 28.0. The summed E-state index contributed by atoms with van der Waals surface area (Å²) in [5, 5.41) is 8.28. The summed E-state index contributed by atoms with van der Waals surface area (Å²) < 4.78 is 68.3. The Labute approximate surface area is 241 Å². The number of alkyl halides is 3. The van der Waals surface area contributed by atoms with Gasteiger partial charge in [-0.05, 0) is 55.0 Å². The van der Waals surface area contributed by atoms with Crippen molar-refractivity contribution in [3.8, 4) is 0 Å². The predicted molar refractivity (Wildman–Crippen MR) is 143 cm³/mol. The van der Waals surface area contributed by atoms with Crippen LogP contribution in [0.5, 0.6) is 0 Å². The first-order valence-electron chi connectivity index (χ1n) is 13.0. The van der Waals surface area contributed by atoms with Crippen LogP contribution in [0.4, 0.5) is 33.3 Å². The molecule has 218 valence electrons. The van der Waals surface area contributed by atoms with Gasteiger partial charge in [-0.3, -0.25) is 14.4 Å². The van der Waals surface area contributed by atoms with E-state index in [-0.39, 0.29) is 44.8 Å². The summed E-state index contributed by atoms with van der Waals surface area (Å²) in [4.78, 5) is 40.3. The van der Waals surface area contributed by atoms with Crippen LogP contribution in [0.25, 0.3) is 0 Å². The van der Waals surface area contributed by atoms with Crippen molar-refractivity contribution in [2.45, 2.75) is 25.1 Å². The van der Waals surface area contributed by atoms with Gasteiger partial charge in [-0.15, -0.1) is 0 Å². The maximum Gasteiger partial charge on any atom is 0.416 e. The molecule has 3 amide bonds. The molecule has 3 aliphatic rings. The van der Waals surface area contributed by atoms with E-state index in [0.717, 1.165) is 12.1 Å². The standard InChI is InChI=1S/C29H22ClF5N4O3/c30-21-2-1-16(31)8-19(21)25-24-20(27(42)38-25)9-18(39-4-3-28(13-39)11-23(40)36-12-28)10-22(24)37-26(41)14-5-15(29(33,34)35)7-17(32)6-14/h1-2,5-10,25H,3-4,11-13H2,(H,36,40)(H,37,41)(H,38,42). The molecule has 1 spiro atoms. The highest BCUT2D eigenvalue weighted by molar-refractivity contribution is 6.31. The Morgan fingerprint density at radius 2 is 1.83 bits per heavy atom. The lowest BCUT2D eigenvalue weighted by molar-refractivity contribution is -0.137. The zero-order valence-electron chi connectivity index (χ0n) is 21.7. The molecule has 2 fully saturated rings. The Morgan fingerprint density at radius 3 is 2.55 bits per heavy atom. The van der Waals surface area contributed by atoms with Gasteiger partial charge in [0.2, 0.25) is 5.91 Å². The normalized spacial score (nSPS) is 21.5. The molecule has 2 unspecified atom stereocenters. The lowest BCUT2D eigenvalue weighted by atomic mass is 9.86. The zero-order valence-corrected chi connectivity index (χ0v) is 22.4. The third-order valence-electron chi connectivity index (χ3n) is 7.98. The van der Waals surface area contributed by atoms with Crippen molar-refractivity contribution >= 4 is 40.7 Å². The number of fused-ring (bicyclic) bond motifs is 1. The van der Waals surface area contributed by atoms with Crippen LogP contribution in [0, 0.1) is 17.0 Å². The number of amides is 3. The second-order valence-corrected chi connectivity index (χ2v) is 11.2. The first-order chi connectivity index (χ1) is 19.8. The molecule has 3 aliphatic heterocycles. The molecule has 7 nitrogen and oxygen atoms in total. The van der Waals surface area contributed by atoms with E-state index in [4.69, 9.17) is 11.6 Å². The molecule has 0 saturated carbocycles. The number of nitrogens with zero attached hydrogens (tertiary/aromatic N) is 1. The predicted octanol–water partition coefficient (Wildman–Crippen LogP) is 5.44. The SMILES string of the molecule is O=C1CC2(CCN(c3cc(NC(=O)c4cc(F)cc(C(F)(F)F)c4)c4c(c3)C(=O)NC4c3cc(F)ccc3Cl)C2)CN1. The summed E-state index contributed by atoms with van der Waals surface area (Å²) in [5.41, 5.74) is -1.08. The quantitative estimate of drug-likeness (QED) is 0.346. The third-order valence-corrected chi connectivity index (χ3v) is 8.32. The fourth-order valence-electron chi connectivity index (χ4n) is 5.95. The van der Waals surface area contributed by atoms with Crippen molar-refractivity contribution in [3.63, 3.8) is 0 Å². The van der Waals surface area contributed by atoms with Gasteiger partial charge < -0.3 is 20.9 Å². The van der Waals surface area contributed by atoms with Crippen molar-refractivity contribution < 1.29 is 36.3 Å². The molecular formula is C29H22ClF5N4O3. The summed E-state index contributed by atoms with van der Waals surface area (Å²) in [7, 11) is 0. The van der Waals surface area contributed by atoms with E-state index in [1.54, 1.807) is 12.1 Å². The Kier molecular flexibility index (Phi) is 6.64. The second kappa shape index (κ2) is 9.97. The Balaban J connectivity index is 1.44. The van der Waals surface area contributed by atoms with Gasteiger partial charge >= 0.3 is 6.18 Å². The molecule has 6 rings (SSSR count). The topological polar surface area (TPSA) is 90.5 Å². The summed E-state index contributed by atoms with van der Waals surface area (Å²) in [5.74, 6) is -3.52. The van der Waals surface area contributed by atoms with E-state index in [2.05, 4.69) is 16.0 Å². The minimum Gasteiger partial charge on any atom is -0.371 e. The molecule has 2 saturated heterocycles. The summed E-state index contributed by atoms with van der Waals surface area (Å²) in [6.45, 7) is 1.52. The van der Waals surface area contributed by atoms with E-state index < -0.39 is 46.8 Å². The molecule has 42 heavy (non-hydrogen) atoms. The average molecular weight is 605 g/mol.